The van der Waals surface area contributed by atoms with E-state index in [1.54, 1.807) is 0 Å². The van der Waals surface area contributed by atoms with Gasteiger partial charge < -0.3 is 15.1 Å². The first-order chi connectivity index (χ1) is 9.78. The van der Waals surface area contributed by atoms with Crippen LogP contribution in [0.3, 0.4) is 0 Å². The summed E-state index contributed by atoms with van der Waals surface area (Å²) in [5.74, 6) is 0. The fourth-order valence-electron chi connectivity index (χ4n) is 3.09. The van der Waals surface area contributed by atoms with Crippen molar-refractivity contribution in [2.24, 2.45) is 0 Å². The number of anilines is 2. The van der Waals surface area contributed by atoms with Crippen molar-refractivity contribution < 1.29 is 0 Å². The first-order valence-electron chi connectivity index (χ1n) is 8.11. The smallest absolute Gasteiger partial charge is 0.0367 e. The zero-order valence-corrected chi connectivity index (χ0v) is 13.2. The Balaban J connectivity index is 1.94. The van der Waals surface area contributed by atoms with Crippen LogP contribution < -0.4 is 15.1 Å². The molecule has 20 heavy (non-hydrogen) atoms. The fourth-order valence-corrected chi connectivity index (χ4v) is 3.09. The summed E-state index contributed by atoms with van der Waals surface area (Å²) in [5.41, 5.74) is 2.71. The molecule has 0 unspecified atom stereocenters. The Labute approximate surface area is 124 Å². The lowest BCUT2D eigenvalue weighted by Gasteiger charge is -2.34. The fraction of sp³-hybridized carbons (Fsp3) is 0.647. The van der Waals surface area contributed by atoms with Crippen molar-refractivity contribution in [2.45, 2.75) is 39.7 Å². The lowest BCUT2D eigenvalue weighted by Crippen LogP contribution is -2.42. The van der Waals surface area contributed by atoms with Crippen LogP contribution in [0.25, 0.3) is 0 Å². The molecule has 2 rings (SSSR count). The van der Waals surface area contributed by atoms with Gasteiger partial charge in [-0.15, -0.1) is 0 Å². The monoisotopic (exact) mass is 275 g/mol. The van der Waals surface area contributed by atoms with E-state index in [4.69, 9.17) is 0 Å². The quantitative estimate of drug-likeness (QED) is 0.860. The summed E-state index contributed by atoms with van der Waals surface area (Å²) in [4.78, 5) is 4.90. The minimum Gasteiger partial charge on any atom is -0.372 e. The number of benzene rings is 1. The van der Waals surface area contributed by atoms with E-state index in [0.717, 1.165) is 19.6 Å². The lowest BCUT2D eigenvalue weighted by atomic mass is 10.0. The molecule has 0 aromatic heterocycles. The summed E-state index contributed by atoms with van der Waals surface area (Å²) in [7, 11) is 0. The standard InChI is InChI=1S/C17H29N3/c1-4-18-15-11-13-20(14-12-15)17-9-7-16(8-10-17)19(5-2)6-3/h7-10,15,18H,4-6,11-14H2,1-3H3. The molecule has 1 aliphatic heterocycles. The Morgan fingerprint density at radius 2 is 1.65 bits per heavy atom. The van der Waals surface area contributed by atoms with E-state index < -0.39 is 0 Å². The van der Waals surface area contributed by atoms with Gasteiger partial charge in [0.25, 0.3) is 0 Å². The van der Waals surface area contributed by atoms with Gasteiger partial charge >= 0.3 is 0 Å². The van der Waals surface area contributed by atoms with E-state index in [1.165, 1.54) is 37.3 Å². The number of rotatable bonds is 6. The second kappa shape index (κ2) is 7.53. The van der Waals surface area contributed by atoms with Crippen LogP contribution in [0.4, 0.5) is 11.4 Å². The molecule has 0 aliphatic carbocycles. The second-order valence-corrected chi connectivity index (χ2v) is 5.51. The van der Waals surface area contributed by atoms with Crippen molar-refractivity contribution in [3.8, 4) is 0 Å². The molecule has 3 nitrogen and oxygen atoms in total. The van der Waals surface area contributed by atoms with Crippen molar-refractivity contribution in [1.82, 2.24) is 5.32 Å². The van der Waals surface area contributed by atoms with Gasteiger partial charge in [0.1, 0.15) is 0 Å². The molecule has 1 heterocycles. The van der Waals surface area contributed by atoms with Crippen LogP contribution in [-0.4, -0.2) is 38.8 Å². The van der Waals surface area contributed by atoms with Crippen molar-refractivity contribution in [3.63, 3.8) is 0 Å². The van der Waals surface area contributed by atoms with Crippen LogP contribution in [0.2, 0.25) is 0 Å². The van der Waals surface area contributed by atoms with Gasteiger partial charge in [-0.2, -0.15) is 0 Å². The number of nitrogens with one attached hydrogen (secondary N) is 1. The summed E-state index contributed by atoms with van der Waals surface area (Å²) in [6.07, 6.45) is 2.51. The minimum atomic E-state index is 0.714. The summed E-state index contributed by atoms with van der Waals surface area (Å²) < 4.78 is 0. The molecule has 1 saturated heterocycles. The summed E-state index contributed by atoms with van der Waals surface area (Å²) in [6, 6.07) is 9.80. The maximum absolute atomic E-state index is 3.56. The van der Waals surface area contributed by atoms with Gasteiger partial charge in [-0.05, 0) is 57.5 Å². The van der Waals surface area contributed by atoms with Crippen LogP contribution in [-0.2, 0) is 0 Å². The van der Waals surface area contributed by atoms with E-state index >= 15 is 0 Å². The van der Waals surface area contributed by atoms with Crippen molar-refractivity contribution in [1.29, 1.82) is 0 Å². The topological polar surface area (TPSA) is 18.5 Å². The summed E-state index contributed by atoms with van der Waals surface area (Å²) >= 11 is 0. The summed E-state index contributed by atoms with van der Waals surface area (Å²) in [6.45, 7) is 12.2. The highest BCUT2D eigenvalue weighted by atomic mass is 15.2. The molecule has 0 radical (unpaired) electrons. The van der Waals surface area contributed by atoms with Gasteiger partial charge in [0, 0.05) is 43.6 Å². The Kier molecular flexibility index (Phi) is 5.72. The van der Waals surface area contributed by atoms with E-state index in [9.17, 15) is 0 Å². The minimum absolute atomic E-state index is 0.714. The van der Waals surface area contributed by atoms with Crippen molar-refractivity contribution in [2.75, 3.05) is 42.5 Å². The molecule has 0 amide bonds. The molecule has 112 valence electrons. The van der Waals surface area contributed by atoms with Gasteiger partial charge in [-0.3, -0.25) is 0 Å². The van der Waals surface area contributed by atoms with Gasteiger partial charge in [0.05, 0.1) is 0 Å². The molecule has 0 saturated carbocycles. The van der Waals surface area contributed by atoms with Crippen LogP contribution in [0.1, 0.15) is 33.6 Å². The van der Waals surface area contributed by atoms with E-state index in [0.29, 0.717) is 6.04 Å². The average molecular weight is 275 g/mol. The predicted octanol–water partition coefficient (Wildman–Crippen LogP) is 3.11. The first-order valence-corrected chi connectivity index (χ1v) is 8.11. The molecule has 3 heteroatoms. The van der Waals surface area contributed by atoms with Gasteiger partial charge in [0.15, 0.2) is 0 Å². The van der Waals surface area contributed by atoms with Gasteiger partial charge in [-0.25, -0.2) is 0 Å². The molecule has 1 aliphatic rings. The third-order valence-corrected chi connectivity index (χ3v) is 4.33. The Bertz CT molecular complexity index is 376. The van der Waals surface area contributed by atoms with E-state index in [2.05, 4.69) is 60.2 Å². The molecule has 0 spiro atoms. The zero-order chi connectivity index (χ0) is 14.4. The molecular formula is C17H29N3. The molecule has 1 aromatic carbocycles. The summed E-state index contributed by atoms with van der Waals surface area (Å²) in [5, 5.41) is 3.56. The van der Waals surface area contributed by atoms with E-state index in [-0.39, 0.29) is 0 Å². The highest BCUT2D eigenvalue weighted by molar-refractivity contribution is 5.56. The second-order valence-electron chi connectivity index (χ2n) is 5.51. The van der Waals surface area contributed by atoms with Gasteiger partial charge in [0.2, 0.25) is 0 Å². The maximum Gasteiger partial charge on any atom is 0.0367 e. The number of piperidine rings is 1. The molecule has 1 aromatic rings. The Morgan fingerprint density at radius 3 is 2.15 bits per heavy atom. The molecule has 1 fully saturated rings. The largest absolute Gasteiger partial charge is 0.372 e. The Morgan fingerprint density at radius 1 is 1.05 bits per heavy atom. The average Bonchev–Trinajstić information content (AvgIpc) is 2.50. The zero-order valence-electron chi connectivity index (χ0n) is 13.2. The molecule has 0 bridgehead atoms. The third kappa shape index (κ3) is 3.66. The first kappa shape index (κ1) is 15.2. The van der Waals surface area contributed by atoms with Crippen LogP contribution in [0, 0.1) is 0 Å². The number of hydrogen-bond donors (Lipinski definition) is 1. The normalized spacial score (nSPS) is 16.4. The third-order valence-electron chi connectivity index (χ3n) is 4.33. The molecule has 1 N–H and O–H groups in total. The van der Waals surface area contributed by atoms with Crippen molar-refractivity contribution in [3.05, 3.63) is 24.3 Å². The van der Waals surface area contributed by atoms with E-state index in [1.807, 2.05) is 0 Å². The lowest BCUT2D eigenvalue weighted by molar-refractivity contribution is 0.424. The highest BCUT2D eigenvalue weighted by Gasteiger charge is 2.18. The number of hydrogen-bond acceptors (Lipinski definition) is 3. The maximum atomic E-state index is 3.56. The molecule has 0 atom stereocenters. The molecular weight excluding hydrogens is 246 g/mol. The Hall–Kier alpha value is -1.22. The van der Waals surface area contributed by atoms with Crippen LogP contribution in [0.15, 0.2) is 24.3 Å². The highest BCUT2D eigenvalue weighted by Crippen LogP contribution is 2.23. The van der Waals surface area contributed by atoms with Crippen LogP contribution >= 0.6 is 0 Å². The SMILES string of the molecule is CCNC1CCN(c2ccc(N(CC)CC)cc2)CC1. The van der Waals surface area contributed by atoms with Crippen molar-refractivity contribution >= 4 is 11.4 Å². The van der Waals surface area contributed by atoms with Gasteiger partial charge in [-0.1, -0.05) is 6.92 Å². The van der Waals surface area contributed by atoms with Crippen LogP contribution in [0.5, 0.6) is 0 Å². The predicted molar refractivity (Wildman–Crippen MR) is 88.9 cm³/mol. The number of nitrogens with zero attached hydrogens (tertiary/aromatic N) is 2.